The van der Waals surface area contributed by atoms with Crippen LogP contribution in [0.1, 0.15) is 26.5 Å². The molecule has 0 unspecified atom stereocenters. The van der Waals surface area contributed by atoms with Gasteiger partial charge in [-0.05, 0) is 25.1 Å². The summed E-state index contributed by atoms with van der Waals surface area (Å²) in [4.78, 5) is 29.4. The van der Waals surface area contributed by atoms with E-state index in [0.29, 0.717) is 11.3 Å². The SMILES string of the molecule is Cc1cc(NC(=O)c2ccnc(Cl)c2)c(C(=O)O)[nH]1. The molecule has 0 saturated heterocycles. The number of halogens is 1. The summed E-state index contributed by atoms with van der Waals surface area (Å²) in [5.74, 6) is -1.60. The van der Waals surface area contributed by atoms with Crippen molar-refractivity contribution in [1.82, 2.24) is 9.97 Å². The number of carbonyl (C=O) groups excluding carboxylic acids is 1. The van der Waals surface area contributed by atoms with E-state index in [-0.39, 0.29) is 16.5 Å². The number of nitrogens with one attached hydrogen (secondary N) is 2. The van der Waals surface area contributed by atoms with Gasteiger partial charge in [0.15, 0.2) is 0 Å². The summed E-state index contributed by atoms with van der Waals surface area (Å²) in [7, 11) is 0. The molecule has 6 nitrogen and oxygen atoms in total. The van der Waals surface area contributed by atoms with E-state index in [9.17, 15) is 9.59 Å². The van der Waals surface area contributed by atoms with Gasteiger partial charge in [0.1, 0.15) is 10.8 Å². The largest absolute Gasteiger partial charge is 0.477 e. The number of carboxylic acids is 1. The first-order valence-corrected chi connectivity index (χ1v) is 5.71. The van der Waals surface area contributed by atoms with Gasteiger partial charge in [-0.2, -0.15) is 0 Å². The van der Waals surface area contributed by atoms with Crippen molar-refractivity contribution in [3.8, 4) is 0 Å². The van der Waals surface area contributed by atoms with E-state index in [0.717, 1.165) is 0 Å². The van der Waals surface area contributed by atoms with Gasteiger partial charge in [-0.3, -0.25) is 4.79 Å². The third kappa shape index (κ3) is 2.92. The number of hydrogen-bond donors (Lipinski definition) is 3. The van der Waals surface area contributed by atoms with Gasteiger partial charge in [-0.1, -0.05) is 11.6 Å². The number of rotatable bonds is 3. The number of hydrogen-bond acceptors (Lipinski definition) is 3. The molecule has 19 heavy (non-hydrogen) atoms. The molecule has 1 amide bonds. The minimum atomic E-state index is -1.14. The van der Waals surface area contributed by atoms with E-state index < -0.39 is 11.9 Å². The van der Waals surface area contributed by atoms with E-state index in [1.54, 1.807) is 13.0 Å². The second-order valence-electron chi connectivity index (χ2n) is 3.87. The predicted octanol–water partition coefficient (Wildman–Crippen LogP) is 2.32. The van der Waals surface area contributed by atoms with Gasteiger partial charge in [0, 0.05) is 17.5 Å². The zero-order chi connectivity index (χ0) is 14.0. The number of aryl methyl sites for hydroxylation is 1. The topological polar surface area (TPSA) is 95.1 Å². The van der Waals surface area contributed by atoms with E-state index >= 15 is 0 Å². The van der Waals surface area contributed by atoms with E-state index in [4.69, 9.17) is 16.7 Å². The Labute approximate surface area is 113 Å². The molecule has 0 spiro atoms. The Hall–Kier alpha value is -2.34. The van der Waals surface area contributed by atoms with Crippen LogP contribution in [-0.2, 0) is 0 Å². The molecule has 2 aromatic heterocycles. The normalized spacial score (nSPS) is 10.2. The Morgan fingerprint density at radius 2 is 2.16 bits per heavy atom. The number of H-pyrrole nitrogens is 1. The van der Waals surface area contributed by atoms with Gasteiger partial charge in [-0.15, -0.1) is 0 Å². The molecule has 7 heteroatoms. The summed E-state index contributed by atoms with van der Waals surface area (Å²) >= 11 is 5.69. The van der Waals surface area contributed by atoms with Gasteiger partial charge in [0.05, 0.1) is 5.69 Å². The molecule has 0 fully saturated rings. The molecule has 2 heterocycles. The van der Waals surface area contributed by atoms with Crippen LogP contribution in [0.4, 0.5) is 5.69 Å². The van der Waals surface area contributed by atoms with Gasteiger partial charge in [0.25, 0.3) is 5.91 Å². The molecule has 0 atom stereocenters. The van der Waals surface area contributed by atoms with E-state index in [2.05, 4.69) is 15.3 Å². The van der Waals surface area contributed by atoms with E-state index in [1.807, 2.05) is 0 Å². The zero-order valence-corrected chi connectivity index (χ0v) is 10.7. The zero-order valence-electron chi connectivity index (χ0n) is 9.90. The predicted molar refractivity (Wildman–Crippen MR) is 69.7 cm³/mol. The second kappa shape index (κ2) is 5.11. The molecular formula is C12H10ClN3O3. The lowest BCUT2D eigenvalue weighted by Crippen LogP contribution is -2.14. The van der Waals surface area contributed by atoms with Crippen molar-refractivity contribution in [2.24, 2.45) is 0 Å². The molecule has 0 bridgehead atoms. The quantitative estimate of drug-likeness (QED) is 0.751. The van der Waals surface area contributed by atoms with Crippen LogP contribution < -0.4 is 5.32 Å². The number of aromatic carboxylic acids is 1. The van der Waals surface area contributed by atoms with Crippen molar-refractivity contribution in [3.05, 3.63) is 46.5 Å². The van der Waals surface area contributed by atoms with Crippen LogP contribution in [0.25, 0.3) is 0 Å². The number of anilines is 1. The monoisotopic (exact) mass is 279 g/mol. The molecule has 3 N–H and O–H groups in total. The number of carbonyl (C=O) groups is 2. The first-order valence-electron chi connectivity index (χ1n) is 5.33. The van der Waals surface area contributed by atoms with Crippen LogP contribution in [0.3, 0.4) is 0 Å². The summed E-state index contributed by atoms with van der Waals surface area (Å²) in [6, 6.07) is 4.43. The van der Waals surface area contributed by atoms with Crippen molar-refractivity contribution in [3.63, 3.8) is 0 Å². The van der Waals surface area contributed by atoms with Crippen LogP contribution in [-0.4, -0.2) is 27.0 Å². The summed E-state index contributed by atoms with van der Waals surface area (Å²) in [5.41, 5.74) is 1.09. The summed E-state index contributed by atoms with van der Waals surface area (Å²) in [6.45, 7) is 1.70. The summed E-state index contributed by atoms with van der Waals surface area (Å²) < 4.78 is 0. The van der Waals surface area contributed by atoms with Crippen LogP contribution >= 0.6 is 11.6 Å². The fraction of sp³-hybridized carbons (Fsp3) is 0.0833. The number of amides is 1. The van der Waals surface area contributed by atoms with Crippen LogP contribution in [0.2, 0.25) is 5.15 Å². The minimum Gasteiger partial charge on any atom is -0.477 e. The number of nitrogens with zero attached hydrogens (tertiary/aromatic N) is 1. The lowest BCUT2D eigenvalue weighted by molar-refractivity contribution is 0.0692. The average molecular weight is 280 g/mol. The molecule has 2 aromatic rings. The fourth-order valence-electron chi connectivity index (χ4n) is 1.59. The highest BCUT2D eigenvalue weighted by molar-refractivity contribution is 6.29. The van der Waals surface area contributed by atoms with E-state index in [1.165, 1.54) is 18.3 Å². The molecule has 0 saturated carbocycles. The highest BCUT2D eigenvalue weighted by Crippen LogP contribution is 2.18. The second-order valence-corrected chi connectivity index (χ2v) is 4.25. The maximum atomic E-state index is 11.9. The molecule has 0 aliphatic carbocycles. The standard InChI is InChI=1S/C12H10ClN3O3/c1-6-4-8(10(15-6)12(18)19)16-11(17)7-2-3-14-9(13)5-7/h2-5,15H,1H3,(H,16,17)(H,18,19). The Morgan fingerprint density at radius 3 is 2.79 bits per heavy atom. The van der Waals surface area contributed by atoms with Crippen molar-refractivity contribution in [2.75, 3.05) is 5.32 Å². The molecule has 0 radical (unpaired) electrons. The Morgan fingerprint density at radius 1 is 1.42 bits per heavy atom. The highest BCUT2D eigenvalue weighted by Gasteiger charge is 2.16. The maximum Gasteiger partial charge on any atom is 0.354 e. The van der Waals surface area contributed by atoms with Crippen LogP contribution in [0.5, 0.6) is 0 Å². The van der Waals surface area contributed by atoms with Crippen molar-refractivity contribution >= 4 is 29.2 Å². The third-order valence-corrected chi connectivity index (χ3v) is 2.61. The van der Waals surface area contributed by atoms with Crippen molar-refractivity contribution in [1.29, 1.82) is 0 Å². The lowest BCUT2D eigenvalue weighted by atomic mass is 10.2. The minimum absolute atomic E-state index is 0.0639. The molecule has 0 aromatic carbocycles. The first-order chi connectivity index (χ1) is 8.97. The smallest absolute Gasteiger partial charge is 0.354 e. The Bertz CT molecular complexity index is 651. The Balaban J connectivity index is 2.26. The number of aromatic nitrogens is 2. The van der Waals surface area contributed by atoms with Gasteiger partial charge >= 0.3 is 5.97 Å². The van der Waals surface area contributed by atoms with Gasteiger partial charge in [-0.25, -0.2) is 9.78 Å². The highest BCUT2D eigenvalue weighted by atomic mass is 35.5. The number of carboxylic acid groups (broad SMARTS) is 1. The molecule has 98 valence electrons. The number of pyridine rings is 1. The summed E-state index contributed by atoms with van der Waals surface area (Å²) in [6.07, 6.45) is 1.40. The number of aromatic amines is 1. The summed E-state index contributed by atoms with van der Waals surface area (Å²) in [5, 5.41) is 11.7. The van der Waals surface area contributed by atoms with Crippen molar-refractivity contribution in [2.45, 2.75) is 6.92 Å². The first kappa shape index (κ1) is 13.1. The molecular weight excluding hydrogens is 270 g/mol. The third-order valence-electron chi connectivity index (χ3n) is 2.40. The van der Waals surface area contributed by atoms with Crippen molar-refractivity contribution < 1.29 is 14.7 Å². The molecule has 0 aliphatic rings. The van der Waals surface area contributed by atoms with Gasteiger partial charge in [0.2, 0.25) is 0 Å². The van der Waals surface area contributed by atoms with Gasteiger partial charge < -0.3 is 15.4 Å². The van der Waals surface area contributed by atoms with Crippen LogP contribution in [0, 0.1) is 6.92 Å². The lowest BCUT2D eigenvalue weighted by Gasteiger charge is -2.04. The van der Waals surface area contributed by atoms with Crippen LogP contribution in [0.15, 0.2) is 24.4 Å². The Kier molecular flexibility index (Phi) is 3.52. The average Bonchev–Trinajstić information content (AvgIpc) is 2.70. The molecule has 0 aliphatic heterocycles. The molecule has 2 rings (SSSR count). The fourth-order valence-corrected chi connectivity index (χ4v) is 1.77. The maximum absolute atomic E-state index is 11.9.